The Balaban J connectivity index is 2.07. The Labute approximate surface area is 115 Å². The Bertz CT molecular complexity index is 575. The van der Waals surface area contributed by atoms with Gasteiger partial charge in [-0.3, -0.25) is 0 Å². The second kappa shape index (κ2) is 6.41. The molecule has 1 unspecified atom stereocenters. The predicted molar refractivity (Wildman–Crippen MR) is 73.1 cm³/mol. The number of nitrogens with one attached hydrogen (secondary N) is 1. The lowest BCUT2D eigenvalue weighted by Crippen LogP contribution is -2.20. The minimum Gasteiger partial charge on any atom is -0.304 e. The molecule has 0 fully saturated rings. The van der Waals surface area contributed by atoms with Gasteiger partial charge in [0.15, 0.2) is 0 Å². The lowest BCUT2D eigenvalue weighted by Gasteiger charge is -2.14. The summed E-state index contributed by atoms with van der Waals surface area (Å²) in [6.07, 6.45) is 2.65. The fourth-order valence-corrected chi connectivity index (χ4v) is 2.62. The van der Waals surface area contributed by atoms with Crippen LogP contribution in [0.2, 0.25) is 0 Å². The van der Waals surface area contributed by atoms with E-state index in [0.717, 1.165) is 11.4 Å². The maximum atomic E-state index is 13.6. The van der Waals surface area contributed by atoms with Crippen LogP contribution in [-0.4, -0.2) is 4.98 Å². The van der Waals surface area contributed by atoms with E-state index in [2.05, 4.69) is 17.2 Å². The number of benzene rings is 1. The molecule has 1 aromatic carbocycles. The average Bonchev–Trinajstić information content (AvgIpc) is 2.95. The molecule has 0 saturated heterocycles. The van der Waals surface area contributed by atoms with Crippen molar-refractivity contribution in [2.45, 2.75) is 25.9 Å². The second-order valence-corrected chi connectivity index (χ2v) is 5.06. The van der Waals surface area contributed by atoms with Crippen molar-refractivity contribution in [1.82, 2.24) is 10.3 Å². The molecule has 0 spiro atoms. The van der Waals surface area contributed by atoms with Gasteiger partial charge >= 0.3 is 0 Å². The molecule has 1 N–H and O–H groups in total. The van der Waals surface area contributed by atoms with Crippen LogP contribution in [0.15, 0.2) is 29.8 Å². The summed E-state index contributed by atoms with van der Waals surface area (Å²) in [6, 6.07) is 6.53. The molecule has 0 aliphatic carbocycles. The highest BCUT2D eigenvalue weighted by atomic mass is 32.1. The first-order chi connectivity index (χ1) is 9.24. The Morgan fingerprint density at radius 2 is 2.37 bits per heavy atom. The third kappa shape index (κ3) is 3.37. The van der Waals surface area contributed by atoms with Gasteiger partial charge < -0.3 is 5.32 Å². The Morgan fingerprint density at radius 3 is 3.00 bits per heavy atom. The van der Waals surface area contributed by atoms with E-state index in [-0.39, 0.29) is 11.9 Å². The Hall–Kier alpha value is -1.77. The first kappa shape index (κ1) is 13.7. The minimum absolute atomic E-state index is 0.116. The fourth-order valence-electron chi connectivity index (χ4n) is 1.83. The van der Waals surface area contributed by atoms with Crippen molar-refractivity contribution in [3.8, 4) is 6.07 Å². The molecule has 0 aliphatic rings. The first-order valence-electron chi connectivity index (χ1n) is 6.06. The summed E-state index contributed by atoms with van der Waals surface area (Å²) in [6.45, 7) is 2.45. The number of nitrogens with zero attached hydrogens (tertiary/aromatic N) is 2. The molecule has 5 heteroatoms. The third-order valence-corrected chi connectivity index (χ3v) is 3.76. The van der Waals surface area contributed by atoms with Crippen molar-refractivity contribution < 1.29 is 4.39 Å². The third-order valence-electron chi connectivity index (χ3n) is 2.87. The zero-order chi connectivity index (χ0) is 13.7. The molecule has 0 saturated carbocycles. The van der Waals surface area contributed by atoms with Gasteiger partial charge in [0.2, 0.25) is 0 Å². The molecule has 1 atom stereocenters. The van der Waals surface area contributed by atoms with Crippen molar-refractivity contribution in [2.24, 2.45) is 0 Å². The molecule has 0 aliphatic heterocycles. The van der Waals surface area contributed by atoms with Crippen LogP contribution in [0.1, 0.15) is 35.5 Å². The molecule has 3 nitrogen and oxygen atoms in total. The smallest absolute Gasteiger partial charge is 0.127 e. The van der Waals surface area contributed by atoms with E-state index < -0.39 is 0 Å². The van der Waals surface area contributed by atoms with E-state index >= 15 is 0 Å². The van der Waals surface area contributed by atoms with E-state index in [4.69, 9.17) is 5.26 Å². The van der Waals surface area contributed by atoms with Crippen molar-refractivity contribution in [1.29, 1.82) is 5.26 Å². The monoisotopic (exact) mass is 275 g/mol. The number of halogens is 1. The standard InChI is InChI=1S/C14H14FN3S/c1-2-13(14-17-5-6-19-14)18-9-11-7-10(8-16)3-4-12(11)15/h3-7,13,18H,2,9H2,1H3. The maximum absolute atomic E-state index is 13.6. The topological polar surface area (TPSA) is 48.7 Å². The number of hydrogen-bond acceptors (Lipinski definition) is 4. The first-order valence-corrected chi connectivity index (χ1v) is 6.94. The van der Waals surface area contributed by atoms with E-state index in [1.54, 1.807) is 23.6 Å². The summed E-state index contributed by atoms with van der Waals surface area (Å²) in [5.74, 6) is -0.291. The molecule has 98 valence electrons. The number of rotatable bonds is 5. The van der Waals surface area contributed by atoms with E-state index in [9.17, 15) is 4.39 Å². The van der Waals surface area contributed by atoms with Crippen molar-refractivity contribution in [3.63, 3.8) is 0 Å². The number of nitriles is 1. The van der Waals surface area contributed by atoms with Gasteiger partial charge in [0.25, 0.3) is 0 Å². The van der Waals surface area contributed by atoms with Gasteiger partial charge in [-0.1, -0.05) is 6.92 Å². The van der Waals surface area contributed by atoms with Crippen LogP contribution in [0.3, 0.4) is 0 Å². The van der Waals surface area contributed by atoms with E-state index in [1.165, 1.54) is 12.1 Å². The molecule has 1 aromatic heterocycles. The Kier molecular flexibility index (Phi) is 4.61. The summed E-state index contributed by atoms with van der Waals surface area (Å²) in [4.78, 5) is 4.27. The highest BCUT2D eigenvalue weighted by molar-refractivity contribution is 7.09. The van der Waals surface area contributed by atoms with Gasteiger partial charge in [0.1, 0.15) is 10.8 Å². The predicted octanol–water partition coefficient (Wildman–Crippen LogP) is 3.39. The average molecular weight is 275 g/mol. The van der Waals surface area contributed by atoms with Crippen molar-refractivity contribution in [2.75, 3.05) is 0 Å². The van der Waals surface area contributed by atoms with Crippen LogP contribution in [0, 0.1) is 17.1 Å². The summed E-state index contributed by atoms with van der Waals surface area (Å²) < 4.78 is 13.6. The summed E-state index contributed by atoms with van der Waals surface area (Å²) in [7, 11) is 0. The molecular weight excluding hydrogens is 261 g/mol. The summed E-state index contributed by atoms with van der Waals surface area (Å²) in [5.41, 5.74) is 0.981. The van der Waals surface area contributed by atoms with Crippen molar-refractivity contribution >= 4 is 11.3 Å². The molecule has 1 heterocycles. The molecule has 0 radical (unpaired) electrons. The SMILES string of the molecule is CCC(NCc1cc(C#N)ccc1F)c1nccs1. The van der Waals surface area contributed by atoms with Gasteiger partial charge in [-0.15, -0.1) is 11.3 Å². The Morgan fingerprint density at radius 1 is 1.53 bits per heavy atom. The number of aromatic nitrogens is 1. The van der Waals surface area contributed by atoms with Gasteiger partial charge in [-0.2, -0.15) is 5.26 Å². The van der Waals surface area contributed by atoms with Gasteiger partial charge in [-0.25, -0.2) is 9.37 Å². The maximum Gasteiger partial charge on any atom is 0.127 e. The number of hydrogen-bond donors (Lipinski definition) is 1. The van der Waals surface area contributed by atoms with Crippen LogP contribution in [-0.2, 0) is 6.54 Å². The van der Waals surface area contributed by atoms with Crippen LogP contribution < -0.4 is 5.32 Å². The molecular formula is C14H14FN3S. The van der Waals surface area contributed by atoms with E-state index in [0.29, 0.717) is 17.7 Å². The highest BCUT2D eigenvalue weighted by Crippen LogP contribution is 2.20. The molecule has 2 aromatic rings. The number of thiazole rings is 1. The fraction of sp³-hybridized carbons (Fsp3) is 0.286. The van der Waals surface area contributed by atoms with Crippen LogP contribution >= 0.6 is 11.3 Å². The normalized spacial score (nSPS) is 12.1. The summed E-state index contributed by atoms with van der Waals surface area (Å²) in [5, 5.41) is 15.0. The highest BCUT2D eigenvalue weighted by Gasteiger charge is 2.12. The molecule has 19 heavy (non-hydrogen) atoms. The van der Waals surface area contributed by atoms with E-state index in [1.807, 2.05) is 11.4 Å². The molecule has 2 rings (SSSR count). The van der Waals surface area contributed by atoms with Crippen LogP contribution in [0.25, 0.3) is 0 Å². The van der Waals surface area contributed by atoms with Crippen LogP contribution in [0.5, 0.6) is 0 Å². The van der Waals surface area contributed by atoms with Gasteiger partial charge in [0, 0.05) is 23.7 Å². The zero-order valence-electron chi connectivity index (χ0n) is 10.6. The van der Waals surface area contributed by atoms with Gasteiger partial charge in [-0.05, 0) is 24.6 Å². The summed E-state index contributed by atoms with van der Waals surface area (Å²) >= 11 is 1.58. The second-order valence-electron chi connectivity index (χ2n) is 4.13. The lowest BCUT2D eigenvalue weighted by atomic mass is 10.1. The minimum atomic E-state index is -0.291. The lowest BCUT2D eigenvalue weighted by molar-refractivity contribution is 0.502. The van der Waals surface area contributed by atoms with Crippen molar-refractivity contribution in [3.05, 3.63) is 51.7 Å². The quantitative estimate of drug-likeness (QED) is 0.909. The zero-order valence-corrected chi connectivity index (χ0v) is 11.4. The molecule has 0 bridgehead atoms. The van der Waals surface area contributed by atoms with Gasteiger partial charge in [0.05, 0.1) is 17.7 Å². The molecule has 0 amide bonds. The largest absolute Gasteiger partial charge is 0.304 e. The van der Waals surface area contributed by atoms with Crippen LogP contribution in [0.4, 0.5) is 4.39 Å².